The van der Waals surface area contributed by atoms with Gasteiger partial charge in [0.05, 0.1) is 34.7 Å². The number of ether oxygens (including phenoxy) is 1. The summed E-state index contributed by atoms with van der Waals surface area (Å²) in [6.45, 7) is 0. The number of benzene rings is 1. The first-order valence-corrected chi connectivity index (χ1v) is 11.6. The Kier molecular flexibility index (Phi) is 5.11. The highest BCUT2D eigenvalue weighted by atomic mass is 32.2. The van der Waals surface area contributed by atoms with Gasteiger partial charge in [-0.15, -0.1) is 11.3 Å². The number of carbonyl (C=O) groups excluding carboxylic acids is 1. The second-order valence-electron chi connectivity index (χ2n) is 7.29. The second kappa shape index (κ2) is 7.93. The lowest BCUT2D eigenvalue weighted by Gasteiger charge is -2.09. The minimum Gasteiger partial charge on any atom is -0.465 e. The highest BCUT2D eigenvalue weighted by Crippen LogP contribution is 2.34. The lowest BCUT2D eigenvalue weighted by molar-refractivity contribution is 0.0601. The fourth-order valence-corrected chi connectivity index (χ4v) is 5.90. The summed E-state index contributed by atoms with van der Waals surface area (Å²) in [7, 11) is 1.30. The van der Waals surface area contributed by atoms with E-state index < -0.39 is 5.97 Å². The Labute approximate surface area is 184 Å². The van der Waals surface area contributed by atoms with Crippen molar-refractivity contribution in [2.24, 2.45) is 0 Å². The molecule has 1 aliphatic rings. The van der Waals surface area contributed by atoms with E-state index in [4.69, 9.17) is 4.74 Å². The molecule has 31 heavy (non-hydrogen) atoms. The third-order valence-electron chi connectivity index (χ3n) is 5.33. The number of hydrogen-bond donors (Lipinski definition) is 2. The zero-order valence-corrected chi connectivity index (χ0v) is 18.2. The van der Waals surface area contributed by atoms with Crippen molar-refractivity contribution in [1.82, 2.24) is 19.9 Å². The summed E-state index contributed by atoms with van der Waals surface area (Å²) in [5, 5.41) is 1.59. The molecule has 158 valence electrons. The smallest absolute Gasteiger partial charge is 0.337 e. The first-order valence-electron chi connectivity index (χ1n) is 9.82. The molecule has 2 N–H and O–H groups in total. The average molecular weight is 455 g/mol. The van der Waals surface area contributed by atoms with Crippen LogP contribution in [0.25, 0.3) is 21.1 Å². The van der Waals surface area contributed by atoms with Crippen LogP contribution < -0.4 is 11.1 Å². The van der Waals surface area contributed by atoms with E-state index in [2.05, 4.69) is 19.9 Å². The van der Waals surface area contributed by atoms with E-state index in [1.165, 1.54) is 35.9 Å². The fourth-order valence-electron chi connectivity index (χ4n) is 3.85. The van der Waals surface area contributed by atoms with E-state index in [9.17, 15) is 14.4 Å². The van der Waals surface area contributed by atoms with Crippen LogP contribution in [0.15, 0.2) is 32.9 Å². The minimum absolute atomic E-state index is 0.116. The monoisotopic (exact) mass is 454 g/mol. The van der Waals surface area contributed by atoms with E-state index in [0.29, 0.717) is 33.2 Å². The Morgan fingerprint density at radius 3 is 2.84 bits per heavy atom. The molecule has 10 heteroatoms. The molecule has 0 unspecified atom stereocenters. The van der Waals surface area contributed by atoms with Gasteiger partial charge in [-0.1, -0.05) is 11.8 Å². The van der Waals surface area contributed by atoms with Gasteiger partial charge in [-0.05, 0) is 49.4 Å². The number of fused-ring (bicyclic) bond motifs is 4. The SMILES string of the molecule is COC(=O)c1ccc2c(=O)[nH]c(CSc3nc4sc5c(c4c(=O)[nH]3)CCCC5)nc2c1. The average Bonchev–Trinajstić information content (AvgIpc) is 3.15. The lowest BCUT2D eigenvalue weighted by Crippen LogP contribution is -2.13. The molecular weight excluding hydrogens is 436 g/mol. The van der Waals surface area contributed by atoms with Gasteiger partial charge in [0.2, 0.25) is 0 Å². The van der Waals surface area contributed by atoms with Gasteiger partial charge in [0.1, 0.15) is 10.7 Å². The fraction of sp³-hybridized carbons (Fsp3) is 0.286. The zero-order chi connectivity index (χ0) is 21.5. The molecule has 0 atom stereocenters. The van der Waals surface area contributed by atoms with E-state index in [1.54, 1.807) is 17.4 Å². The third kappa shape index (κ3) is 3.66. The van der Waals surface area contributed by atoms with Gasteiger partial charge in [0.15, 0.2) is 5.16 Å². The van der Waals surface area contributed by atoms with Crippen LogP contribution in [-0.2, 0) is 23.3 Å². The number of thioether (sulfide) groups is 1. The number of H-pyrrole nitrogens is 2. The number of aryl methyl sites for hydroxylation is 2. The number of hydrogen-bond acceptors (Lipinski definition) is 8. The van der Waals surface area contributed by atoms with E-state index in [1.807, 2.05) is 0 Å². The van der Waals surface area contributed by atoms with Crippen LogP contribution in [0.1, 0.15) is 39.5 Å². The third-order valence-corrected chi connectivity index (χ3v) is 7.40. The summed E-state index contributed by atoms with van der Waals surface area (Å²) >= 11 is 2.90. The van der Waals surface area contributed by atoms with E-state index in [0.717, 1.165) is 41.5 Å². The van der Waals surface area contributed by atoms with E-state index >= 15 is 0 Å². The van der Waals surface area contributed by atoms with Crippen LogP contribution in [-0.4, -0.2) is 33.0 Å². The van der Waals surface area contributed by atoms with Gasteiger partial charge < -0.3 is 14.7 Å². The molecule has 4 aromatic rings. The Balaban J connectivity index is 1.45. The molecule has 0 fully saturated rings. The van der Waals surface area contributed by atoms with Crippen LogP contribution in [0.5, 0.6) is 0 Å². The molecular formula is C21H18N4O4S2. The Morgan fingerprint density at radius 1 is 1.16 bits per heavy atom. The van der Waals surface area contributed by atoms with Crippen molar-refractivity contribution in [3.63, 3.8) is 0 Å². The molecule has 3 heterocycles. The van der Waals surface area contributed by atoms with Crippen molar-refractivity contribution in [1.29, 1.82) is 0 Å². The van der Waals surface area contributed by atoms with Crippen molar-refractivity contribution in [3.8, 4) is 0 Å². The lowest BCUT2D eigenvalue weighted by atomic mass is 9.97. The summed E-state index contributed by atoms with van der Waals surface area (Å²) in [6.07, 6.45) is 4.20. The van der Waals surface area contributed by atoms with Crippen LogP contribution in [0, 0.1) is 0 Å². The normalized spacial score (nSPS) is 13.5. The molecule has 8 nitrogen and oxygen atoms in total. The predicted octanol–water partition coefficient (Wildman–Crippen LogP) is 3.18. The number of thiophene rings is 1. The van der Waals surface area contributed by atoms with Crippen LogP contribution in [0.3, 0.4) is 0 Å². The summed E-state index contributed by atoms with van der Waals surface area (Å²) in [5.41, 5.74) is 1.47. The van der Waals surface area contributed by atoms with Gasteiger partial charge in [-0.25, -0.2) is 14.8 Å². The van der Waals surface area contributed by atoms with Crippen molar-refractivity contribution in [2.75, 3.05) is 7.11 Å². The molecule has 0 saturated heterocycles. The predicted molar refractivity (Wildman–Crippen MR) is 120 cm³/mol. The minimum atomic E-state index is -0.492. The summed E-state index contributed by atoms with van der Waals surface area (Å²) in [4.78, 5) is 53.6. The summed E-state index contributed by atoms with van der Waals surface area (Å²) < 4.78 is 4.73. The number of aromatic nitrogens is 4. The molecule has 3 aromatic heterocycles. The first-order chi connectivity index (χ1) is 15.0. The molecule has 0 aliphatic heterocycles. The number of nitrogens with zero attached hydrogens (tertiary/aromatic N) is 2. The number of nitrogens with one attached hydrogen (secondary N) is 2. The maximum atomic E-state index is 12.7. The van der Waals surface area contributed by atoms with E-state index in [-0.39, 0.29) is 11.1 Å². The van der Waals surface area contributed by atoms with Gasteiger partial charge in [-0.2, -0.15) is 0 Å². The standard InChI is InChI=1S/C21H18N4O4S2/c1-29-20(28)10-6-7-11-13(8-10)22-15(23-17(11)26)9-30-21-24-18(27)16-12-4-2-3-5-14(12)31-19(16)25-21/h6-8H,2-5,9H2,1H3,(H,22,23,26)(H,24,25,27). The van der Waals surface area contributed by atoms with Crippen LogP contribution in [0.2, 0.25) is 0 Å². The molecule has 1 aromatic carbocycles. The molecule has 0 saturated carbocycles. The topological polar surface area (TPSA) is 118 Å². The van der Waals surface area contributed by atoms with Gasteiger partial charge >= 0.3 is 5.97 Å². The van der Waals surface area contributed by atoms with Gasteiger partial charge in [0.25, 0.3) is 11.1 Å². The highest BCUT2D eigenvalue weighted by molar-refractivity contribution is 7.98. The quantitative estimate of drug-likeness (QED) is 0.276. The Bertz CT molecular complexity index is 1450. The molecule has 0 spiro atoms. The maximum Gasteiger partial charge on any atom is 0.337 e. The molecule has 5 rings (SSSR count). The first kappa shape index (κ1) is 20.0. The number of aromatic amines is 2. The Hall–Kier alpha value is -2.98. The van der Waals surface area contributed by atoms with Crippen LogP contribution in [0.4, 0.5) is 0 Å². The molecule has 1 aliphatic carbocycles. The van der Waals surface area contributed by atoms with Crippen LogP contribution >= 0.6 is 23.1 Å². The molecule has 0 radical (unpaired) electrons. The van der Waals surface area contributed by atoms with Gasteiger partial charge in [-0.3, -0.25) is 9.59 Å². The summed E-state index contributed by atoms with van der Waals surface area (Å²) in [5.74, 6) is 0.249. The highest BCUT2D eigenvalue weighted by Gasteiger charge is 2.20. The van der Waals surface area contributed by atoms with Crippen molar-refractivity contribution in [2.45, 2.75) is 36.6 Å². The summed E-state index contributed by atoms with van der Waals surface area (Å²) in [6, 6.07) is 4.62. The second-order valence-corrected chi connectivity index (χ2v) is 9.33. The number of rotatable bonds is 4. The maximum absolute atomic E-state index is 12.7. The molecule has 0 amide bonds. The Morgan fingerprint density at radius 2 is 2.00 bits per heavy atom. The zero-order valence-electron chi connectivity index (χ0n) is 16.6. The van der Waals surface area contributed by atoms with Crippen molar-refractivity contribution < 1.29 is 9.53 Å². The number of esters is 1. The number of methoxy groups -OCH3 is 1. The largest absolute Gasteiger partial charge is 0.465 e. The van der Waals surface area contributed by atoms with Crippen molar-refractivity contribution in [3.05, 3.63) is 60.7 Å². The van der Waals surface area contributed by atoms with Gasteiger partial charge in [0, 0.05) is 4.88 Å². The number of carbonyl (C=O) groups is 1. The van der Waals surface area contributed by atoms with Crippen molar-refractivity contribution >= 4 is 50.2 Å². The molecule has 0 bridgehead atoms.